The van der Waals surface area contributed by atoms with Crippen LogP contribution in [0.3, 0.4) is 0 Å². The van der Waals surface area contributed by atoms with Crippen LogP contribution in [0.25, 0.3) is 0 Å². The molecule has 0 saturated carbocycles. The predicted molar refractivity (Wildman–Crippen MR) is 47.2 cm³/mol. The Kier molecular flexibility index (Phi) is 2.07. The normalized spacial score (nSPS) is 26.0. The van der Waals surface area contributed by atoms with E-state index in [0.717, 1.165) is 5.56 Å². The zero-order valence-corrected chi connectivity index (χ0v) is 7.62. The Morgan fingerprint density at radius 1 is 1.31 bits per heavy atom. The van der Waals surface area contributed by atoms with E-state index in [1.54, 1.807) is 0 Å². The Morgan fingerprint density at radius 2 is 2.00 bits per heavy atom. The van der Waals surface area contributed by atoms with Gasteiger partial charge in [-0.25, -0.2) is 0 Å². The third kappa shape index (κ3) is 1.88. The van der Waals surface area contributed by atoms with E-state index in [9.17, 15) is 8.42 Å². The average molecular weight is 199 g/mol. The minimum absolute atomic E-state index is 0.173. The molecular weight excluding hydrogens is 190 g/mol. The molecule has 1 aliphatic rings. The smallest absolute Gasteiger partial charge is 0.256 e. The summed E-state index contributed by atoms with van der Waals surface area (Å²) in [7, 11) is -3.49. The Morgan fingerprint density at radius 3 is 2.54 bits per heavy atom. The van der Waals surface area contributed by atoms with E-state index in [1.807, 2.05) is 30.3 Å². The van der Waals surface area contributed by atoms with Gasteiger partial charge in [0.05, 0.1) is 12.6 Å². The molecule has 70 valence electrons. The van der Waals surface area contributed by atoms with E-state index in [0.29, 0.717) is 0 Å². The quantitative estimate of drug-likeness (QED) is 0.720. The van der Waals surface area contributed by atoms with Crippen LogP contribution in [0.2, 0.25) is 0 Å². The first kappa shape index (κ1) is 8.68. The van der Waals surface area contributed by atoms with Crippen molar-refractivity contribution in [3.05, 3.63) is 35.9 Å². The third-order valence-corrected chi connectivity index (χ3v) is 2.90. The molecule has 0 amide bonds. The van der Waals surface area contributed by atoms with Gasteiger partial charge in [-0.1, -0.05) is 30.3 Å². The van der Waals surface area contributed by atoms with E-state index >= 15 is 0 Å². The Bertz CT molecular complexity index is 387. The summed E-state index contributed by atoms with van der Waals surface area (Å²) < 4.78 is 28.7. The van der Waals surface area contributed by atoms with Crippen molar-refractivity contribution in [3.8, 4) is 0 Å². The molecule has 0 aromatic heterocycles. The molecule has 4 nitrogen and oxygen atoms in total. The summed E-state index contributed by atoms with van der Waals surface area (Å²) in [5, 5.41) is 0. The van der Waals surface area contributed by atoms with E-state index in [-0.39, 0.29) is 12.6 Å². The van der Waals surface area contributed by atoms with Gasteiger partial charge in [0.1, 0.15) is 0 Å². The second-order valence-corrected chi connectivity index (χ2v) is 4.20. The molecule has 0 bridgehead atoms. The lowest BCUT2D eigenvalue weighted by Gasteiger charge is -2.05. The zero-order valence-electron chi connectivity index (χ0n) is 6.80. The van der Waals surface area contributed by atoms with E-state index in [2.05, 4.69) is 8.91 Å². The molecule has 0 unspecified atom stereocenters. The first-order valence-corrected chi connectivity index (χ1v) is 5.30. The highest BCUT2D eigenvalue weighted by molar-refractivity contribution is 7.84. The lowest BCUT2D eigenvalue weighted by atomic mass is 10.1. The maximum Gasteiger partial charge on any atom is 0.336 e. The van der Waals surface area contributed by atoms with Gasteiger partial charge in [0.25, 0.3) is 0 Å². The number of hydrogen-bond acceptors (Lipinski definition) is 3. The third-order valence-electron chi connectivity index (χ3n) is 1.88. The molecule has 0 radical (unpaired) electrons. The molecule has 1 aromatic rings. The van der Waals surface area contributed by atoms with Crippen molar-refractivity contribution in [2.24, 2.45) is 0 Å². The van der Waals surface area contributed by atoms with Crippen molar-refractivity contribution in [2.45, 2.75) is 6.04 Å². The van der Waals surface area contributed by atoms with Gasteiger partial charge in [0.2, 0.25) is 0 Å². The second-order valence-electron chi connectivity index (χ2n) is 2.82. The van der Waals surface area contributed by atoms with Crippen molar-refractivity contribution < 1.29 is 12.6 Å². The van der Waals surface area contributed by atoms with Crippen molar-refractivity contribution in [3.63, 3.8) is 0 Å². The van der Waals surface area contributed by atoms with Crippen LogP contribution in [-0.4, -0.2) is 15.0 Å². The first-order chi connectivity index (χ1) is 6.17. The predicted octanol–water partition coefficient (Wildman–Crippen LogP) is 0.592. The molecule has 1 atom stereocenters. The zero-order chi connectivity index (χ0) is 9.31. The summed E-state index contributed by atoms with van der Waals surface area (Å²) in [6, 6.07) is 9.09. The molecular formula is C8H9NO3S. The topological polar surface area (TPSA) is 55.4 Å². The van der Waals surface area contributed by atoms with Crippen LogP contribution in [0.4, 0.5) is 0 Å². The number of rotatable bonds is 1. The summed E-state index contributed by atoms with van der Waals surface area (Å²) >= 11 is 0. The summed E-state index contributed by atoms with van der Waals surface area (Å²) in [4.78, 5) is 0. The molecule has 1 saturated heterocycles. The molecule has 0 aliphatic carbocycles. The largest absolute Gasteiger partial charge is 0.336 e. The Labute approximate surface area is 76.8 Å². The van der Waals surface area contributed by atoms with Crippen LogP contribution in [0.5, 0.6) is 0 Å². The minimum Gasteiger partial charge on any atom is -0.256 e. The maximum atomic E-state index is 10.9. The average Bonchev–Trinajstić information content (AvgIpc) is 2.48. The highest BCUT2D eigenvalue weighted by Gasteiger charge is 2.28. The summed E-state index contributed by atoms with van der Waals surface area (Å²) in [6.07, 6.45) is 0. The molecule has 1 aromatic carbocycles. The monoisotopic (exact) mass is 199 g/mol. The van der Waals surface area contributed by atoms with Gasteiger partial charge in [0, 0.05) is 0 Å². The summed E-state index contributed by atoms with van der Waals surface area (Å²) in [5.74, 6) is 0. The fourth-order valence-corrected chi connectivity index (χ4v) is 2.19. The lowest BCUT2D eigenvalue weighted by molar-refractivity contribution is 0.338. The maximum absolute atomic E-state index is 10.9. The lowest BCUT2D eigenvalue weighted by Crippen LogP contribution is -2.19. The van der Waals surface area contributed by atoms with Gasteiger partial charge >= 0.3 is 10.3 Å². The van der Waals surface area contributed by atoms with Crippen LogP contribution >= 0.6 is 0 Å². The van der Waals surface area contributed by atoms with Gasteiger partial charge in [-0.05, 0) is 5.56 Å². The summed E-state index contributed by atoms with van der Waals surface area (Å²) in [6.45, 7) is 0.173. The van der Waals surface area contributed by atoms with Gasteiger partial charge in [0.15, 0.2) is 0 Å². The van der Waals surface area contributed by atoms with Gasteiger partial charge in [-0.3, -0.25) is 4.18 Å². The van der Waals surface area contributed by atoms with E-state index in [4.69, 9.17) is 0 Å². The van der Waals surface area contributed by atoms with Crippen molar-refractivity contribution in [1.82, 2.24) is 4.72 Å². The van der Waals surface area contributed by atoms with Crippen LogP contribution < -0.4 is 4.72 Å². The molecule has 5 heteroatoms. The van der Waals surface area contributed by atoms with Crippen molar-refractivity contribution >= 4 is 10.3 Å². The molecule has 2 rings (SSSR count). The van der Waals surface area contributed by atoms with Gasteiger partial charge in [-0.15, -0.1) is 0 Å². The molecule has 1 N–H and O–H groups in total. The molecule has 0 spiro atoms. The number of nitrogens with one attached hydrogen (secondary N) is 1. The van der Waals surface area contributed by atoms with Crippen LogP contribution in [0, 0.1) is 0 Å². The number of benzene rings is 1. The van der Waals surface area contributed by atoms with Crippen LogP contribution in [0.1, 0.15) is 11.6 Å². The van der Waals surface area contributed by atoms with Gasteiger partial charge in [-0.2, -0.15) is 13.1 Å². The molecule has 1 aliphatic heterocycles. The molecule has 1 heterocycles. The van der Waals surface area contributed by atoms with Crippen LogP contribution in [-0.2, 0) is 14.5 Å². The second kappa shape index (κ2) is 3.10. The van der Waals surface area contributed by atoms with Gasteiger partial charge < -0.3 is 0 Å². The SMILES string of the molecule is O=S1(=O)N[C@@H](c2ccccc2)CO1. The van der Waals surface area contributed by atoms with Crippen LogP contribution in [0.15, 0.2) is 30.3 Å². The van der Waals surface area contributed by atoms with Crippen molar-refractivity contribution in [2.75, 3.05) is 6.61 Å². The van der Waals surface area contributed by atoms with E-state index < -0.39 is 10.3 Å². The van der Waals surface area contributed by atoms with Crippen molar-refractivity contribution in [1.29, 1.82) is 0 Å². The fourth-order valence-electron chi connectivity index (χ4n) is 1.25. The molecule has 1 fully saturated rings. The van der Waals surface area contributed by atoms with E-state index in [1.165, 1.54) is 0 Å². The molecule has 13 heavy (non-hydrogen) atoms. The fraction of sp³-hybridized carbons (Fsp3) is 0.250. The standard InChI is InChI=1S/C8H9NO3S/c10-13(11)9-8(6-12-13)7-4-2-1-3-5-7/h1-5,8-9H,6H2/t8-/m1/s1. The highest BCUT2D eigenvalue weighted by atomic mass is 32.2. The summed E-state index contributed by atoms with van der Waals surface area (Å²) in [5.41, 5.74) is 0.920. The first-order valence-electron chi connectivity index (χ1n) is 3.89. The highest BCUT2D eigenvalue weighted by Crippen LogP contribution is 2.19. The Balaban J connectivity index is 2.22. The number of hydrogen-bond donors (Lipinski definition) is 1. The Hall–Kier alpha value is -0.910. The minimum atomic E-state index is -3.49.